The Balaban J connectivity index is 1.71. The number of aromatic nitrogens is 3. The van der Waals surface area contributed by atoms with Crippen LogP contribution in [0.4, 0.5) is 0 Å². The van der Waals surface area contributed by atoms with E-state index in [9.17, 15) is 4.79 Å². The third-order valence-corrected chi connectivity index (χ3v) is 5.74. The van der Waals surface area contributed by atoms with Crippen molar-refractivity contribution in [3.63, 3.8) is 0 Å². The van der Waals surface area contributed by atoms with E-state index in [4.69, 9.17) is 0 Å². The summed E-state index contributed by atoms with van der Waals surface area (Å²) in [6.45, 7) is 10.4. The highest BCUT2D eigenvalue weighted by molar-refractivity contribution is 7.98. The minimum Gasteiger partial charge on any atom is -0.356 e. The Kier molecular flexibility index (Phi) is 8.91. The van der Waals surface area contributed by atoms with Crippen molar-refractivity contribution >= 4 is 17.7 Å². The second kappa shape index (κ2) is 10.9. The molecule has 0 aliphatic carbocycles. The number of amides is 1. The first-order valence-corrected chi connectivity index (χ1v) is 11.2. The predicted molar refractivity (Wildman–Crippen MR) is 107 cm³/mol. The molecule has 7 heteroatoms. The largest absolute Gasteiger partial charge is 0.356 e. The monoisotopic (exact) mass is 381 g/mol. The maximum absolute atomic E-state index is 12.2. The highest BCUT2D eigenvalue weighted by Gasteiger charge is 2.21. The molecule has 0 bridgehead atoms. The zero-order chi connectivity index (χ0) is 18.9. The number of hydrogen-bond donors (Lipinski definition) is 2. The summed E-state index contributed by atoms with van der Waals surface area (Å²) in [6.07, 6.45) is 6.88. The topological polar surface area (TPSA) is 71.8 Å². The molecule has 2 rings (SSSR count). The van der Waals surface area contributed by atoms with Crippen LogP contribution in [0, 0.1) is 17.8 Å². The van der Waals surface area contributed by atoms with E-state index >= 15 is 0 Å². The van der Waals surface area contributed by atoms with Crippen molar-refractivity contribution < 1.29 is 4.79 Å². The van der Waals surface area contributed by atoms with Gasteiger partial charge in [0.2, 0.25) is 5.91 Å². The first-order chi connectivity index (χ1) is 12.5. The van der Waals surface area contributed by atoms with Gasteiger partial charge in [-0.3, -0.25) is 4.79 Å². The number of aryl methyl sites for hydroxylation is 1. The Morgan fingerprint density at radius 1 is 1.38 bits per heavy atom. The van der Waals surface area contributed by atoms with Gasteiger partial charge in [-0.1, -0.05) is 32.5 Å². The van der Waals surface area contributed by atoms with E-state index in [1.165, 1.54) is 12.8 Å². The third-order valence-electron chi connectivity index (χ3n) is 5.07. The van der Waals surface area contributed by atoms with Crippen LogP contribution in [0.15, 0.2) is 5.16 Å². The highest BCUT2D eigenvalue weighted by atomic mass is 32.2. The van der Waals surface area contributed by atoms with Crippen molar-refractivity contribution in [1.82, 2.24) is 25.4 Å². The number of nitrogens with zero attached hydrogens (tertiary/aromatic N) is 3. The Bertz CT molecular complexity index is 554. The second-order valence-corrected chi connectivity index (χ2v) is 8.62. The van der Waals surface area contributed by atoms with Crippen molar-refractivity contribution in [2.24, 2.45) is 17.8 Å². The van der Waals surface area contributed by atoms with Gasteiger partial charge < -0.3 is 15.2 Å². The van der Waals surface area contributed by atoms with Gasteiger partial charge >= 0.3 is 0 Å². The van der Waals surface area contributed by atoms with E-state index in [1.807, 2.05) is 6.26 Å². The molecule has 1 amide bonds. The summed E-state index contributed by atoms with van der Waals surface area (Å²) in [5.74, 6) is 2.84. The Morgan fingerprint density at radius 3 is 2.85 bits per heavy atom. The lowest BCUT2D eigenvalue weighted by atomic mass is 9.85. The van der Waals surface area contributed by atoms with E-state index in [0.717, 1.165) is 43.5 Å². The van der Waals surface area contributed by atoms with Crippen molar-refractivity contribution in [3.05, 3.63) is 5.82 Å². The van der Waals surface area contributed by atoms with Crippen molar-refractivity contribution in [2.75, 3.05) is 25.9 Å². The second-order valence-electron chi connectivity index (χ2n) is 7.85. The first kappa shape index (κ1) is 21.2. The molecule has 0 radical (unpaired) electrons. The molecule has 2 unspecified atom stereocenters. The van der Waals surface area contributed by atoms with Crippen molar-refractivity contribution in [2.45, 2.75) is 64.6 Å². The summed E-state index contributed by atoms with van der Waals surface area (Å²) in [5.41, 5.74) is 0. The number of hydrogen-bond acceptors (Lipinski definition) is 5. The number of thioether (sulfide) groups is 1. The summed E-state index contributed by atoms with van der Waals surface area (Å²) in [6, 6.07) is 0. The molecule has 1 saturated heterocycles. The van der Waals surface area contributed by atoms with Gasteiger partial charge in [0.05, 0.1) is 0 Å². The van der Waals surface area contributed by atoms with Crippen LogP contribution in [-0.4, -0.2) is 46.6 Å². The molecule has 2 heterocycles. The molecule has 0 spiro atoms. The number of carbonyl (C=O) groups excluding carboxylic acids is 1. The van der Waals surface area contributed by atoms with Crippen LogP contribution >= 0.6 is 11.8 Å². The summed E-state index contributed by atoms with van der Waals surface area (Å²) in [4.78, 5) is 12.2. The zero-order valence-electron chi connectivity index (χ0n) is 16.8. The standard InChI is InChI=1S/C19H35N5OS/c1-14(2)13-24-17(22-23-19(24)26-4)8-6-10-21-18(25)11-15(3)16-7-5-9-20-12-16/h14-16,20H,5-13H2,1-4H3,(H,21,25). The maximum atomic E-state index is 12.2. The lowest BCUT2D eigenvalue weighted by Gasteiger charge is -2.28. The summed E-state index contributed by atoms with van der Waals surface area (Å²) >= 11 is 1.64. The molecule has 1 aromatic heterocycles. The van der Waals surface area contributed by atoms with Gasteiger partial charge in [0.15, 0.2) is 5.16 Å². The fourth-order valence-corrected chi connectivity index (χ4v) is 4.10. The smallest absolute Gasteiger partial charge is 0.220 e. The zero-order valence-corrected chi connectivity index (χ0v) is 17.6. The summed E-state index contributed by atoms with van der Waals surface area (Å²) in [7, 11) is 0. The predicted octanol–water partition coefficient (Wildman–Crippen LogP) is 2.73. The molecule has 1 fully saturated rings. The van der Waals surface area contributed by atoms with E-state index in [2.05, 4.69) is 46.2 Å². The average molecular weight is 382 g/mol. The number of nitrogens with one attached hydrogen (secondary N) is 2. The highest BCUT2D eigenvalue weighted by Crippen LogP contribution is 2.22. The first-order valence-electron chi connectivity index (χ1n) is 9.94. The van der Waals surface area contributed by atoms with Crippen LogP contribution in [0.3, 0.4) is 0 Å². The Labute approximate surface area is 162 Å². The Morgan fingerprint density at radius 2 is 2.19 bits per heavy atom. The fourth-order valence-electron chi connectivity index (χ4n) is 3.57. The molecule has 6 nitrogen and oxygen atoms in total. The van der Waals surface area contributed by atoms with Crippen LogP contribution < -0.4 is 10.6 Å². The Hall–Kier alpha value is -1.08. The van der Waals surface area contributed by atoms with Crippen LogP contribution in [0.25, 0.3) is 0 Å². The fraction of sp³-hybridized carbons (Fsp3) is 0.842. The van der Waals surface area contributed by atoms with Crippen molar-refractivity contribution in [3.8, 4) is 0 Å². The molecule has 2 atom stereocenters. The molecule has 2 N–H and O–H groups in total. The lowest BCUT2D eigenvalue weighted by Crippen LogP contribution is -2.35. The molecule has 0 saturated carbocycles. The maximum Gasteiger partial charge on any atom is 0.220 e. The SMILES string of the molecule is CSc1nnc(CCCNC(=O)CC(C)C2CCCNC2)n1CC(C)C. The molecule has 1 aliphatic heterocycles. The molecule has 148 valence electrons. The van der Waals surface area contributed by atoms with Gasteiger partial charge in [-0.25, -0.2) is 0 Å². The van der Waals surface area contributed by atoms with Gasteiger partial charge in [0.25, 0.3) is 0 Å². The summed E-state index contributed by atoms with van der Waals surface area (Å²) in [5, 5.41) is 16.1. The minimum atomic E-state index is 0.177. The van der Waals surface area contributed by atoms with Crippen molar-refractivity contribution in [1.29, 1.82) is 0 Å². The molecule has 1 aromatic rings. The summed E-state index contributed by atoms with van der Waals surface area (Å²) < 4.78 is 2.22. The van der Waals surface area contributed by atoms with Gasteiger partial charge in [0.1, 0.15) is 5.82 Å². The van der Waals surface area contributed by atoms with Gasteiger partial charge in [-0.2, -0.15) is 0 Å². The quantitative estimate of drug-likeness (QED) is 0.482. The van der Waals surface area contributed by atoms with Crippen LogP contribution in [0.1, 0.15) is 52.3 Å². The molecular weight excluding hydrogens is 346 g/mol. The number of piperidine rings is 1. The van der Waals surface area contributed by atoms with E-state index in [0.29, 0.717) is 30.7 Å². The van der Waals surface area contributed by atoms with Gasteiger partial charge in [-0.15, -0.1) is 10.2 Å². The van der Waals surface area contributed by atoms with Gasteiger partial charge in [0, 0.05) is 25.9 Å². The number of rotatable bonds is 10. The minimum absolute atomic E-state index is 0.177. The molecule has 26 heavy (non-hydrogen) atoms. The van der Waals surface area contributed by atoms with Crippen LogP contribution in [0.2, 0.25) is 0 Å². The van der Waals surface area contributed by atoms with E-state index in [1.54, 1.807) is 11.8 Å². The normalized spacial score (nSPS) is 18.9. The lowest BCUT2D eigenvalue weighted by molar-refractivity contribution is -0.122. The number of carbonyl (C=O) groups is 1. The van der Waals surface area contributed by atoms with Crippen LogP contribution in [-0.2, 0) is 17.8 Å². The third kappa shape index (κ3) is 6.58. The molecule has 1 aliphatic rings. The molecule has 0 aromatic carbocycles. The van der Waals surface area contributed by atoms with Crippen LogP contribution in [0.5, 0.6) is 0 Å². The average Bonchev–Trinajstić information content (AvgIpc) is 3.00. The van der Waals surface area contributed by atoms with E-state index in [-0.39, 0.29) is 5.91 Å². The van der Waals surface area contributed by atoms with E-state index < -0.39 is 0 Å². The molecular formula is C19H35N5OS. The van der Waals surface area contributed by atoms with Gasteiger partial charge in [-0.05, 0) is 56.4 Å².